The summed E-state index contributed by atoms with van der Waals surface area (Å²) >= 11 is 0. The first-order chi connectivity index (χ1) is 7.60. The Hall–Kier alpha value is -1.34. The van der Waals surface area contributed by atoms with Gasteiger partial charge in [0.25, 0.3) is 0 Å². The molecule has 0 aromatic rings. The van der Waals surface area contributed by atoms with Crippen molar-refractivity contribution in [2.24, 2.45) is 0 Å². The Kier molecular flexibility index (Phi) is 8.18. The normalized spacial score (nSPS) is 11.7. The molecular formula is C9H17NO6. The van der Waals surface area contributed by atoms with Crippen LogP contribution in [0, 0.1) is 0 Å². The van der Waals surface area contributed by atoms with Crippen LogP contribution in [-0.4, -0.2) is 54.7 Å². The van der Waals surface area contributed by atoms with Crippen molar-refractivity contribution in [2.45, 2.75) is 19.4 Å². The standard InChI is InChI=1S/C9H17NO6/c1-2-8(13)15-4-3-10-9(14)16-6-7(12)5-11/h7,11-12H,2-6H2,1H3,(H,10,14). The van der Waals surface area contributed by atoms with Crippen LogP contribution < -0.4 is 5.32 Å². The number of esters is 1. The minimum Gasteiger partial charge on any atom is -0.464 e. The fourth-order valence-electron chi connectivity index (χ4n) is 0.696. The Morgan fingerprint density at radius 2 is 2.06 bits per heavy atom. The van der Waals surface area contributed by atoms with E-state index in [4.69, 9.17) is 10.2 Å². The first-order valence-electron chi connectivity index (χ1n) is 4.95. The summed E-state index contributed by atoms with van der Waals surface area (Å²) < 4.78 is 9.22. The summed E-state index contributed by atoms with van der Waals surface area (Å²) in [5, 5.41) is 19.6. The molecule has 94 valence electrons. The third kappa shape index (κ3) is 8.01. The third-order valence-electron chi connectivity index (χ3n) is 1.54. The van der Waals surface area contributed by atoms with Crippen molar-refractivity contribution >= 4 is 12.1 Å². The summed E-state index contributed by atoms with van der Waals surface area (Å²) in [5.41, 5.74) is 0. The van der Waals surface area contributed by atoms with Crippen LogP contribution in [0.25, 0.3) is 0 Å². The van der Waals surface area contributed by atoms with Crippen LogP contribution in [0.4, 0.5) is 4.79 Å². The minimum atomic E-state index is -1.08. The van der Waals surface area contributed by atoms with Crippen LogP contribution in [-0.2, 0) is 14.3 Å². The molecule has 1 atom stereocenters. The number of carbonyl (C=O) groups is 2. The molecule has 0 saturated heterocycles. The zero-order valence-electron chi connectivity index (χ0n) is 9.14. The predicted molar refractivity (Wildman–Crippen MR) is 53.7 cm³/mol. The molecule has 1 unspecified atom stereocenters. The second-order valence-corrected chi connectivity index (χ2v) is 2.94. The van der Waals surface area contributed by atoms with Gasteiger partial charge < -0.3 is 25.0 Å². The van der Waals surface area contributed by atoms with Gasteiger partial charge in [0.05, 0.1) is 13.2 Å². The number of carbonyl (C=O) groups excluding carboxylic acids is 2. The highest BCUT2D eigenvalue weighted by Gasteiger charge is 2.06. The van der Waals surface area contributed by atoms with Crippen molar-refractivity contribution in [2.75, 3.05) is 26.4 Å². The van der Waals surface area contributed by atoms with Crippen molar-refractivity contribution in [3.05, 3.63) is 0 Å². The molecule has 0 heterocycles. The number of amides is 1. The van der Waals surface area contributed by atoms with Crippen LogP contribution >= 0.6 is 0 Å². The van der Waals surface area contributed by atoms with E-state index in [-0.39, 0.29) is 32.1 Å². The Morgan fingerprint density at radius 3 is 2.62 bits per heavy atom. The van der Waals surface area contributed by atoms with E-state index in [0.29, 0.717) is 0 Å². The van der Waals surface area contributed by atoms with Gasteiger partial charge in [0.2, 0.25) is 0 Å². The van der Waals surface area contributed by atoms with Crippen LogP contribution in [0.3, 0.4) is 0 Å². The lowest BCUT2D eigenvalue weighted by Crippen LogP contribution is -2.31. The molecule has 0 radical (unpaired) electrons. The molecule has 3 N–H and O–H groups in total. The summed E-state index contributed by atoms with van der Waals surface area (Å²) in [7, 11) is 0. The summed E-state index contributed by atoms with van der Waals surface area (Å²) in [5.74, 6) is -0.342. The third-order valence-corrected chi connectivity index (χ3v) is 1.54. The number of rotatable bonds is 7. The number of nitrogens with one attached hydrogen (secondary N) is 1. The monoisotopic (exact) mass is 235 g/mol. The molecule has 7 nitrogen and oxygen atoms in total. The van der Waals surface area contributed by atoms with Gasteiger partial charge in [0.1, 0.15) is 19.3 Å². The number of hydrogen-bond acceptors (Lipinski definition) is 6. The minimum absolute atomic E-state index is 0.0737. The molecule has 1 amide bonds. The second kappa shape index (κ2) is 8.93. The number of ether oxygens (including phenoxy) is 2. The molecule has 16 heavy (non-hydrogen) atoms. The lowest BCUT2D eigenvalue weighted by Gasteiger charge is -2.09. The van der Waals surface area contributed by atoms with E-state index in [9.17, 15) is 9.59 Å². The molecule has 0 saturated carbocycles. The van der Waals surface area contributed by atoms with Crippen LogP contribution in [0.1, 0.15) is 13.3 Å². The van der Waals surface area contributed by atoms with E-state index in [2.05, 4.69) is 14.8 Å². The first kappa shape index (κ1) is 14.7. The fraction of sp³-hybridized carbons (Fsp3) is 0.778. The quantitative estimate of drug-likeness (QED) is 0.387. The van der Waals surface area contributed by atoms with Crippen LogP contribution in [0.2, 0.25) is 0 Å². The zero-order chi connectivity index (χ0) is 12.4. The summed E-state index contributed by atoms with van der Waals surface area (Å²) in [6.45, 7) is 1.13. The molecule has 0 aromatic carbocycles. The second-order valence-electron chi connectivity index (χ2n) is 2.94. The number of alkyl carbamates (subject to hydrolysis) is 1. The number of aliphatic hydroxyl groups excluding tert-OH is 2. The van der Waals surface area contributed by atoms with Gasteiger partial charge in [-0.15, -0.1) is 0 Å². The van der Waals surface area contributed by atoms with Gasteiger partial charge in [-0.3, -0.25) is 4.79 Å². The molecule has 0 spiro atoms. The van der Waals surface area contributed by atoms with E-state index in [1.54, 1.807) is 6.92 Å². The van der Waals surface area contributed by atoms with Crippen molar-refractivity contribution in [1.29, 1.82) is 0 Å². The molecule has 0 aliphatic heterocycles. The van der Waals surface area contributed by atoms with E-state index < -0.39 is 18.8 Å². The van der Waals surface area contributed by atoms with Crippen LogP contribution in [0.5, 0.6) is 0 Å². The van der Waals surface area contributed by atoms with Crippen LogP contribution in [0.15, 0.2) is 0 Å². The van der Waals surface area contributed by atoms with E-state index in [1.807, 2.05) is 0 Å². The molecule has 0 aliphatic carbocycles. The van der Waals surface area contributed by atoms with Gasteiger partial charge in [-0.1, -0.05) is 6.92 Å². The molecule has 7 heteroatoms. The Morgan fingerprint density at radius 1 is 1.38 bits per heavy atom. The summed E-state index contributed by atoms with van der Waals surface area (Å²) in [4.78, 5) is 21.6. The van der Waals surface area contributed by atoms with Gasteiger partial charge >= 0.3 is 12.1 Å². The highest BCUT2D eigenvalue weighted by Crippen LogP contribution is 1.86. The average Bonchev–Trinajstić information content (AvgIpc) is 2.31. The molecular weight excluding hydrogens is 218 g/mol. The van der Waals surface area contributed by atoms with Crippen molar-refractivity contribution in [1.82, 2.24) is 5.32 Å². The SMILES string of the molecule is CCC(=O)OCCNC(=O)OCC(O)CO. The maximum atomic E-state index is 10.9. The van der Waals surface area contributed by atoms with E-state index in [0.717, 1.165) is 0 Å². The summed E-state index contributed by atoms with van der Waals surface area (Å²) in [6.07, 6.45) is -1.53. The molecule has 0 bridgehead atoms. The maximum Gasteiger partial charge on any atom is 0.407 e. The summed E-state index contributed by atoms with van der Waals surface area (Å²) in [6, 6.07) is 0. The first-order valence-corrected chi connectivity index (χ1v) is 4.95. The maximum absolute atomic E-state index is 10.9. The topological polar surface area (TPSA) is 105 Å². The highest BCUT2D eigenvalue weighted by atomic mass is 16.6. The molecule has 0 fully saturated rings. The van der Waals surface area contributed by atoms with Gasteiger partial charge in [-0.2, -0.15) is 0 Å². The van der Waals surface area contributed by atoms with Gasteiger partial charge in [0, 0.05) is 6.42 Å². The molecule has 0 rings (SSSR count). The Labute approximate surface area is 93.3 Å². The molecule has 0 aromatic heterocycles. The smallest absolute Gasteiger partial charge is 0.407 e. The van der Waals surface area contributed by atoms with E-state index in [1.165, 1.54) is 0 Å². The largest absolute Gasteiger partial charge is 0.464 e. The molecule has 0 aliphatic rings. The number of aliphatic hydroxyl groups is 2. The lowest BCUT2D eigenvalue weighted by atomic mass is 10.4. The lowest BCUT2D eigenvalue weighted by molar-refractivity contribution is -0.143. The predicted octanol–water partition coefficient (Wildman–Crippen LogP) is -0.981. The van der Waals surface area contributed by atoms with Gasteiger partial charge in [-0.25, -0.2) is 4.79 Å². The van der Waals surface area contributed by atoms with E-state index >= 15 is 0 Å². The Bertz CT molecular complexity index is 220. The van der Waals surface area contributed by atoms with Crippen molar-refractivity contribution in [3.63, 3.8) is 0 Å². The number of hydrogen-bond donors (Lipinski definition) is 3. The van der Waals surface area contributed by atoms with Gasteiger partial charge in [0.15, 0.2) is 0 Å². The average molecular weight is 235 g/mol. The van der Waals surface area contributed by atoms with Crippen molar-refractivity contribution in [3.8, 4) is 0 Å². The zero-order valence-corrected chi connectivity index (χ0v) is 9.14. The Balaban J connectivity index is 3.40. The fourth-order valence-corrected chi connectivity index (χ4v) is 0.696. The van der Waals surface area contributed by atoms with Crippen molar-refractivity contribution < 1.29 is 29.3 Å². The highest BCUT2D eigenvalue weighted by molar-refractivity contribution is 5.69. The van der Waals surface area contributed by atoms with Gasteiger partial charge in [-0.05, 0) is 0 Å².